The molecule has 1 amide bonds. The van der Waals surface area contributed by atoms with Crippen molar-refractivity contribution in [1.82, 2.24) is 5.32 Å². The highest BCUT2D eigenvalue weighted by Gasteiger charge is 2.40. The summed E-state index contributed by atoms with van der Waals surface area (Å²) in [5, 5.41) is 13.7. The van der Waals surface area contributed by atoms with Gasteiger partial charge in [-0.3, -0.25) is 9.59 Å². The lowest BCUT2D eigenvalue weighted by atomic mass is 9.74. The number of thiophene rings is 1. The lowest BCUT2D eigenvalue weighted by molar-refractivity contribution is -0.140. The van der Waals surface area contributed by atoms with Gasteiger partial charge in [0.1, 0.15) is 0 Å². The Morgan fingerprint density at radius 2 is 2.28 bits per heavy atom. The molecule has 1 aliphatic rings. The molecule has 0 bridgehead atoms. The topological polar surface area (TPSA) is 66.4 Å². The zero-order chi connectivity index (χ0) is 13.0. The minimum Gasteiger partial charge on any atom is -0.481 e. The molecule has 0 aromatic carbocycles. The molecule has 1 saturated carbocycles. The summed E-state index contributed by atoms with van der Waals surface area (Å²) >= 11 is 3.09. The summed E-state index contributed by atoms with van der Waals surface area (Å²) in [4.78, 5) is 22.6. The Balaban J connectivity index is 1.80. The van der Waals surface area contributed by atoms with E-state index in [1.54, 1.807) is 11.3 Å². The average Bonchev–Trinajstić information content (AvgIpc) is 2.75. The fourth-order valence-corrected chi connectivity index (χ4v) is 3.64. The van der Waals surface area contributed by atoms with Crippen molar-refractivity contribution in [3.05, 3.63) is 17.5 Å². The molecule has 98 valence electrons. The lowest BCUT2D eigenvalue weighted by Crippen LogP contribution is -2.55. The van der Waals surface area contributed by atoms with Crippen LogP contribution in [0.2, 0.25) is 0 Å². The predicted molar refractivity (Wildman–Crippen MR) is 72.0 cm³/mol. The summed E-state index contributed by atoms with van der Waals surface area (Å²) in [5.41, 5.74) is -0.487. The highest BCUT2D eigenvalue weighted by atomic mass is 32.2. The van der Waals surface area contributed by atoms with Gasteiger partial charge < -0.3 is 10.4 Å². The first kappa shape index (κ1) is 13.4. The fraction of sp³-hybridized carbons (Fsp3) is 0.500. The maximum atomic E-state index is 11.8. The van der Waals surface area contributed by atoms with E-state index in [4.69, 9.17) is 5.11 Å². The van der Waals surface area contributed by atoms with Crippen molar-refractivity contribution in [2.24, 2.45) is 0 Å². The monoisotopic (exact) mass is 285 g/mol. The smallest absolute Gasteiger partial charge is 0.305 e. The van der Waals surface area contributed by atoms with E-state index in [-0.39, 0.29) is 12.3 Å². The average molecular weight is 285 g/mol. The van der Waals surface area contributed by atoms with Crippen LogP contribution in [0.1, 0.15) is 25.7 Å². The molecular formula is C12H15NO3S2. The van der Waals surface area contributed by atoms with E-state index in [1.807, 2.05) is 17.5 Å². The summed E-state index contributed by atoms with van der Waals surface area (Å²) in [6, 6.07) is 3.92. The normalized spacial score (nSPS) is 16.9. The van der Waals surface area contributed by atoms with Crippen LogP contribution in [-0.4, -0.2) is 28.3 Å². The summed E-state index contributed by atoms with van der Waals surface area (Å²) in [6.07, 6.45) is 2.57. The van der Waals surface area contributed by atoms with Crippen molar-refractivity contribution >= 4 is 35.0 Å². The zero-order valence-electron chi connectivity index (χ0n) is 9.85. The number of thioether (sulfide) groups is 1. The minimum absolute atomic E-state index is 0.0302. The molecule has 0 unspecified atom stereocenters. The third kappa shape index (κ3) is 3.49. The van der Waals surface area contributed by atoms with E-state index < -0.39 is 11.5 Å². The number of amides is 1. The van der Waals surface area contributed by atoms with Gasteiger partial charge in [0.25, 0.3) is 0 Å². The molecule has 1 fully saturated rings. The van der Waals surface area contributed by atoms with Crippen molar-refractivity contribution < 1.29 is 14.7 Å². The Labute approximate surface area is 114 Å². The number of aliphatic carboxylic acids is 1. The van der Waals surface area contributed by atoms with Gasteiger partial charge in [0.05, 0.1) is 21.9 Å². The number of nitrogens with one attached hydrogen (secondary N) is 1. The van der Waals surface area contributed by atoms with Gasteiger partial charge in [0, 0.05) is 0 Å². The van der Waals surface area contributed by atoms with Crippen LogP contribution in [0.15, 0.2) is 21.7 Å². The molecule has 1 aromatic rings. The van der Waals surface area contributed by atoms with Crippen LogP contribution in [0.5, 0.6) is 0 Å². The van der Waals surface area contributed by atoms with E-state index in [0.717, 1.165) is 23.5 Å². The van der Waals surface area contributed by atoms with Crippen LogP contribution in [-0.2, 0) is 9.59 Å². The molecule has 1 heterocycles. The second-order valence-corrected chi connectivity index (χ2v) is 6.70. The Kier molecular flexibility index (Phi) is 4.29. The molecule has 2 N–H and O–H groups in total. The van der Waals surface area contributed by atoms with Crippen molar-refractivity contribution in [2.75, 3.05) is 5.75 Å². The second-order valence-electron chi connectivity index (χ2n) is 4.47. The third-order valence-electron chi connectivity index (χ3n) is 3.05. The van der Waals surface area contributed by atoms with Crippen LogP contribution >= 0.6 is 23.1 Å². The lowest BCUT2D eigenvalue weighted by Gasteiger charge is -2.41. The van der Waals surface area contributed by atoms with Gasteiger partial charge in [-0.15, -0.1) is 23.1 Å². The van der Waals surface area contributed by atoms with Crippen LogP contribution in [0.25, 0.3) is 0 Å². The second kappa shape index (κ2) is 5.75. The first-order valence-electron chi connectivity index (χ1n) is 5.79. The van der Waals surface area contributed by atoms with Gasteiger partial charge in [-0.25, -0.2) is 0 Å². The van der Waals surface area contributed by atoms with Crippen LogP contribution in [0.4, 0.5) is 0 Å². The Bertz CT molecular complexity index is 427. The molecule has 0 atom stereocenters. The number of carbonyl (C=O) groups excluding carboxylic acids is 1. The molecule has 0 saturated heterocycles. The van der Waals surface area contributed by atoms with Crippen LogP contribution in [0.3, 0.4) is 0 Å². The summed E-state index contributed by atoms with van der Waals surface area (Å²) in [7, 11) is 0. The Morgan fingerprint density at radius 3 is 2.78 bits per heavy atom. The van der Waals surface area contributed by atoms with Gasteiger partial charge in [0.15, 0.2) is 0 Å². The Morgan fingerprint density at radius 1 is 1.50 bits per heavy atom. The standard InChI is InChI=1S/C12H15NO3S2/c14-9(8-18-11-3-1-6-17-11)13-12(4-2-5-12)7-10(15)16/h1,3,6H,2,4-5,7-8H2,(H,13,14)(H,15,16). The van der Waals surface area contributed by atoms with Gasteiger partial charge in [-0.2, -0.15) is 0 Å². The van der Waals surface area contributed by atoms with Gasteiger partial charge in [-0.1, -0.05) is 6.07 Å². The van der Waals surface area contributed by atoms with Gasteiger partial charge in [-0.05, 0) is 30.7 Å². The van der Waals surface area contributed by atoms with E-state index >= 15 is 0 Å². The maximum absolute atomic E-state index is 11.8. The highest BCUT2D eigenvalue weighted by molar-refractivity contribution is 8.01. The molecule has 0 spiro atoms. The molecule has 1 aliphatic carbocycles. The van der Waals surface area contributed by atoms with E-state index in [0.29, 0.717) is 5.75 Å². The van der Waals surface area contributed by atoms with Crippen molar-refractivity contribution in [3.8, 4) is 0 Å². The maximum Gasteiger partial charge on any atom is 0.305 e. The minimum atomic E-state index is -0.846. The molecule has 6 heteroatoms. The van der Waals surface area contributed by atoms with Crippen molar-refractivity contribution in [3.63, 3.8) is 0 Å². The van der Waals surface area contributed by atoms with Gasteiger partial charge >= 0.3 is 5.97 Å². The predicted octanol–water partition coefficient (Wildman–Crippen LogP) is 2.35. The fourth-order valence-electron chi connectivity index (χ4n) is 2.05. The summed E-state index contributed by atoms with van der Waals surface area (Å²) in [6.45, 7) is 0. The highest BCUT2D eigenvalue weighted by Crippen LogP contribution is 2.35. The SMILES string of the molecule is O=C(O)CC1(NC(=O)CSc2cccs2)CCC1. The van der Waals surface area contributed by atoms with Crippen LogP contribution < -0.4 is 5.32 Å². The van der Waals surface area contributed by atoms with Gasteiger partial charge in [0.2, 0.25) is 5.91 Å². The van der Waals surface area contributed by atoms with E-state index in [2.05, 4.69) is 5.32 Å². The zero-order valence-corrected chi connectivity index (χ0v) is 11.5. The molecule has 0 aliphatic heterocycles. The third-order valence-corrected chi connectivity index (χ3v) is 5.18. The first-order chi connectivity index (χ1) is 8.60. The molecule has 0 radical (unpaired) electrons. The number of hydrogen-bond acceptors (Lipinski definition) is 4. The van der Waals surface area contributed by atoms with Crippen molar-refractivity contribution in [1.29, 1.82) is 0 Å². The van der Waals surface area contributed by atoms with E-state index in [1.165, 1.54) is 11.8 Å². The molecule has 4 nitrogen and oxygen atoms in total. The molecular weight excluding hydrogens is 270 g/mol. The summed E-state index contributed by atoms with van der Waals surface area (Å²) < 4.78 is 1.10. The number of carboxylic acids is 1. The molecule has 18 heavy (non-hydrogen) atoms. The number of carbonyl (C=O) groups is 2. The van der Waals surface area contributed by atoms with E-state index in [9.17, 15) is 9.59 Å². The quantitative estimate of drug-likeness (QED) is 0.787. The number of hydrogen-bond donors (Lipinski definition) is 2. The first-order valence-corrected chi connectivity index (χ1v) is 7.65. The number of rotatable bonds is 6. The largest absolute Gasteiger partial charge is 0.481 e. The van der Waals surface area contributed by atoms with Crippen molar-refractivity contribution in [2.45, 2.75) is 35.4 Å². The number of carboxylic acid groups (broad SMARTS) is 1. The van der Waals surface area contributed by atoms with Crippen LogP contribution in [0, 0.1) is 0 Å². The Hall–Kier alpha value is -1.01. The summed E-state index contributed by atoms with van der Waals surface area (Å²) in [5.74, 6) is -0.572. The molecule has 1 aromatic heterocycles. The molecule has 2 rings (SSSR count).